The molecule has 1 saturated heterocycles. The lowest BCUT2D eigenvalue weighted by Crippen LogP contribution is -2.53. The minimum atomic E-state index is 0.698. The minimum absolute atomic E-state index is 0.698. The summed E-state index contributed by atoms with van der Waals surface area (Å²) >= 11 is 0. The first-order valence-corrected chi connectivity index (χ1v) is 7.83. The Kier molecular flexibility index (Phi) is 8.64. The van der Waals surface area contributed by atoms with Crippen molar-refractivity contribution in [2.45, 2.75) is 51.5 Å². The van der Waals surface area contributed by atoms with Crippen LogP contribution in [-0.2, 0) is 0 Å². The number of hydrogen-bond donors (Lipinski definition) is 1. The molecule has 1 rings (SSSR count). The predicted molar refractivity (Wildman–Crippen MR) is 80.2 cm³/mol. The molecule has 0 aliphatic carbocycles. The zero-order valence-electron chi connectivity index (χ0n) is 12.7. The SMILES string of the molecule is CCCCCCCCNCC1CN(C)CCN1C. The zero-order chi connectivity index (χ0) is 13.2. The van der Waals surface area contributed by atoms with Gasteiger partial charge in [0.15, 0.2) is 0 Å². The van der Waals surface area contributed by atoms with E-state index in [0.717, 1.165) is 6.54 Å². The highest BCUT2D eigenvalue weighted by molar-refractivity contribution is 4.80. The van der Waals surface area contributed by atoms with Crippen molar-refractivity contribution < 1.29 is 0 Å². The van der Waals surface area contributed by atoms with Gasteiger partial charge in [0.1, 0.15) is 0 Å². The van der Waals surface area contributed by atoms with Crippen LogP contribution in [0, 0.1) is 0 Å². The maximum absolute atomic E-state index is 3.63. The van der Waals surface area contributed by atoms with E-state index in [9.17, 15) is 0 Å². The summed E-state index contributed by atoms with van der Waals surface area (Å²) in [5, 5.41) is 3.63. The van der Waals surface area contributed by atoms with Crippen molar-refractivity contribution in [1.82, 2.24) is 15.1 Å². The summed E-state index contributed by atoms with van der Waals surface area (Å²) in [6.07, 6.45) is 8.34. The molecule has 108 valence electrons. The van der Waals surface area contributed by atoms with E-state index in [-0.39, 0.29) is 0 Å². The first-order chi connectivity index (χ1) is 8.74. The molecule has 0 aromatic carbocycles. The molecule has 1 atom stereocenters. The van der Waals surface area contributed by atoms with Gasteiger partial charge in [0, 0.05) is 32.2 Å². The summed E-state index contributed by atoms with van der Waals surface area (Å²) in [4.78, 5) is 4.94. The fraction of sp³-hybridized carbons (Fsp3) is 1.00. The van der Waals surface area contributed by atoms with E-state index >= 15 is 0 Å². The second-order valence-corrected chi connectivity index (χ2v) is 5.87. The fourth-order valence-corrected chi connectivity index (χ4v) is 2.62. The smallest absolute Gasteiger partial charge is 0.0345 e. The highest BCUT2D eigenvalue weighted by Gasteiger charge is 2.21. The van der Waals surface area contributed by atoms with Gasteiger partial charge in [0.05, 0.1) is 0 Å². The Labute approximate surface area is 114 Å². The number of unbranched alkanes of at least 4 members (excludes halogenated alkanes) is 5. The molecule has 1 unspecified atom stereocenters. The van der Waals surface area contributed by atoms with Crippen molar-refractivity contribution >= 4 is 0 Å². The monoisotopic (exact) mass is 255 g/mol. The molecule has 3 heteroatoms. The van der Waals surface area contributed by atoms with Crippen LogP contribution in [-0.4, -0.2) is 62.7 Å². The Morgan fingerprint density at radius 2 is 1.72 bits per heavy atom. The molecule has 18 heavy (non-hydrogen) atoms. The second-order valence-electron chi connectivity index (χ2n) is 5.87. The highest BCUT2D eigenvalue weighted by atomic mass is 15.3. The van der Waals surface area contributed by atoms with E-state index < -0.39 is 0 Å². The van der Waals surface area contributed by atoms with Crippen LogP contribution in [0.1, 0.15) is 45.4 Å². The van der Waals surface area contributed by atoms with Gasteiger partial charge in [0.2, 0.25) is 0 Å². The van der Waals surface area contributed by atoms with Crippen molar-refractivity contribution in [2.24, 2.45) is 0 Å². The van der Waals surface area contributed by atoms with Gasteiger partial charge in [-0.25, -0.2) is 0 Å². The first kappa shape index (κ1) is 15.9. The molecule has 0 aromatic heterocycles. The van der Waals surface area contributed by atoms with E-state index in [1.807, 2.05) is 0 Å². The first-order valence-electron chi connectivity index (χ1n) is 7.83. The molecular weight excluding hydrogens is 222 g/mol. The summed E-state index contributed by atoms with van der Waals surface area (Å²) in [6.45, 7) is 8.25. The van der Waals surface area contributed by atoms with Gasteiger partial charge in [0.25, 0.3) is 0 Å². The molecular formula is C15H33N3. The van der Waals surface area contributed by atoms with Gasteiger partial charge >= 0.3 is 0 Å². The third kappa shape index (κ3) is 6.72. The summed E-state index contributed by atoms with van der Waals surface area (Å²) < 4.78 is 0. The fourth-order valence-electron chi connectivity index (χ4n) is 2.62. The van der Waals surface area contributed by atoms with Gasteiger partial charge in [-0.05, 0) is 27.1 Å². The van der Waals surface area contributed by atoms with Crippen LogP contribution >= 0.6 is 0 Å². The Balaban J connectivity index is 1.93. The Hall–Kier alpha value is -0.120. The van der Waals surface area contributed by atoms with Gasteiger partial charge < -0.3 is 10.2 Å². The normalized spacial score (nSPS) is 22.5. The summed E-state index contributed by atoms with van der Waals surface area (Å²) in [5.41, 5.74) is 0. The lowest BCUT2D eigenvalue weighted by atomic mass is 10.1. The van der Waals surface area contributed by atoms with E-state index in [2.05, 4.69) is 36.1 Å². The third-order valence-corrected chi connectivity index (χ3v) is 4.07. The Bertz CT molecular complexity index is 196. The average Bonchev–Trinajstić information content (AvgIpc) is 2.36. The van der Waals surface area contributed by atoms with Crippen molar-refractivity contribution in [3.63, 3.8) is 0 Å². The number of likely N-dealkylation sites (N-methyl/N-ethyl adjacent to an activating group) is 2. The maximum atomic E-state index is 3.63. The minimum Gasteiger partial charge on any atom is -0.315 e. The lowest BCUT2D eigenvalue weighted by Gasteiger charge is -2.37. The van der Waals surface area contributed by atoms with Crippen LogP contribution in [0.25, 0.3) is 0 Å². The summed E-state index contributed by atoms with van der Waals surface area (Å²) in [6, 6.07) is 0.698. The van der Waals surface area contributed by atoms with Gasteiger partial charge in [-0.15, -0.1) is 0 Å². The molecule has 3 nitrogen and oxygen atoms in total. The molecule has 0 saturated carbocycles. The van der Waals surface area contributed by atoms with Crippen molar-refractivity contribution in [3.8, 4) is 0 Å². The van der Waals surface area contributed by atoms with Gasteiger partial charge in [-0.2, -0.15) is 0 Å². The van der Waals surface area contributed by atoms with E-state index in [4.69, 9.17) is 0 Å². The highest BCUT2D eigenvalue weighted by Crippen LogP contribution is 2.06. The maximum Gasteiger partial charge on any atom is 0.0345 e. The number of hydrogen-bond acceptors (Lipinski definition) is 3. The zero-order valence-corrected chi connectivity index (χ0v) is 12.7. The molecule has 0 amide bonds. The number of nitrogens with one attached hydrogen (secondary N) is 1. The van der Waals surface area contributed by atoms with Gasteiger partial charge in [-0.1, -0.05) is 39.0 Å². The Morgan fingerprint density at radius 1 is 1.00 bits per heavy atom. The molecule has 0 aromatic rings. The molecule has 1 fully saturated rings. The van der Waals surface area contributed by atoms with Crippen molar-refractivity contribution in [3.05, 3.63) is 0 Å². The number of nitrogens with zero attached hydrogens (tertiary/aromatic N) is 2. The molecule has 1 N–H and O–H groups in total. The predicted octanol–water partition coefficient (Wildman–Crippen LogP) is 2.18. The molecule has 0 bridgehead atoms. The molecule has 1 heterocycles. The quantitative estimate of drug-likeness (QED) is 0.637. The van der Waals surface area contributed by atoms with E-state index in [1.54, 1.807) is 0 Å². The van der Waals surface area contributed by atoms with Crippen LogP contribution in [0.2, 0.25) is 0 Å². The standard InChI is InChI=1S/C15H33N3/c1-4-5-6-7-8-9-10-16-13-15-14-17(2)11-12-18(15)3/h15-16H,4-14H2,1-3H3. The summed E-state index contributed by atoms with van der Waals surface area (Å²) in [5.74, 6) is 0. The van der Waals surface area contributed by atoms with E-state index in [1.165, 1.54) is 64.7 Å². The van der Waals surface area contributed by atoms with Gasteiger partial charge in [-0.3, -0.25) is 4.90 Å². The molecule has 0 spiro atoms. The summed E-state index contributed by atoms with van der Waals surface area (Å²) in [7, 11) is 4.48. The van der Waals surface area contributed by atoms with Crippen LogP contribution in [0.15, 0.2) is 0 Å². The lowest BCUT2D eigenvalue weighted by molar-refractivity contribution is 0.113. The average molecular weight is 255 g/mol. The number of piperazine rings is 1. The third-order valence-electron chi connectivity index (χ3n) is 4.07. The van der Waals surface area contributed by atoms with Crippen molar-refractivity contribution in [2.75, 3.05) is 46.8 Å². The molecule has 1 aliphatic rings. The second kappa shape index (κ2) is 9.76. The van der Waals surface area contributed by atoms with Crippen LogP contribution < -0.4 is 5.32 Å². The molecule has 0 radical (unpaired) electrons. The number of rotatable bonds is 9. The van der Waals surface area contributed by atoms with Crippen LogP contribution in [0.5, 0.6) is 0 Å². The molecule has 1 aliphatic heterocycles. The van der Waals surface area contributed by atoms with Crippen LogP contribution in [0.4, 0.5) is 0 Å². The van der Waals surface area contributed by atoms with Crippen LogP contribution in [0.3, 0.4) is 0 Å². The van der Waals surface area contributed by atoms with Crippen molar-refractivity contribution in [1.29, 1.82) is 0 Å². The van der Waals surface area contributed by atoms with E-state index in [0.29, 0.717) is 6.04 Å². The topological polar surface area (TPSA) is 18.5 Å². The largest absolute Gasteiger partial charge is 0.315 e. The Morgan fingerprint density at radius 3 is 2.50 bits per heavy atom.